The van der Waals surface area contributed by atoms with Crippen molar-refractivity contribution in [3.8, 4) is 11.5 Å². The fraction of sp³-hybridized carbons (Fsp3) is 0.211. The lowest BCUT2D eigenvalue weighted by atomic mass is 10.0. The molecule has 0 unspecified atom stereocenters. The molecule has 0 radical (unpaired) electrons. The summed E-state index contributed by atoms with van der Waals surface area (Å²) in [5, 5.41) is 13.8. The molecular formula is C19H19N2O6-. The number of ether oxygens (including phenoxy) is 2. The van der Waals surface area contributed by atoms with Crippen LogP contribution in [0.3, 0.4) is 0 Å². The topological polar surface area (TPSA) is 131 Å². The molecule has 0 heterocycles. The molecule has 27 heavy (non-hydrogen) atoms. The van der Waals surface area contributed by atoms with Gasteiger partial charge in [-0.25, -0.2) is 0 Å². The van der Waals surface area contributed by atoms with E-state index in [2.05, 4.69) is 5.32 Å². The van der Waals surface area contributed by atoms with E-state index in [4.69, 9.17) is 15.2 Å². The van der Waals surface area contributed by atoms with Gasteiger partial charge in [0, 0.05) is 18.0 Å². The maximum Gasteiger partial charge on any atom is 0.255 e. The van der Waals surface area contributed by atoms with E-state index in [9.17, 15) is 19.5 Å². The van der Waals surface area contributed by atoms with Crippen LogP contribution in [-0.4, -0.2) is 31.5 Å². The first-order valence-electron chi connectivity index (χ1n) is 8.05. The summed E-state index contributed by atoms with van der Waals surface area (Å²) in [5.41, 5.74) is 5.93. The summed E-state index contributed by atoms with van der Waals surface area (Å²) in [6, 6.07) is 12.2. The summed E-state index contributed by atoms with van der Waals surface area (Å²) >= 11 is 0. The lowest BCUT2D eigenvalue weighted by Gasteiger charge is -2.21. The number of nitrogens with one attached hydrogen (secondary N) is 1. The average molecular weight is 371 g/mol. The first-order valence-corrected chi connectivity index (χ1v) is 8.05. The van der Waals surface area contributed by atoms with Gasteiger partial charge in [-0.15, -0.1) is 0 Å². The van der Waals surface area contributed by atoms with Gasteiger partial charge in [-0.05, 0) is 29.8 Å². The zero-order valence-electron chi connectivity index (χ0n) is 14.6. The van der Waals surface area contributed by atoms with Crippen molar-refractivity contribution in [3.05, 3.63) is 59.7 Å². The lowest BCUT2D eigenvalue weighted by molar-refractivity contribution is -0.306. The molecule has 0 fully saturated rings. The Morgan fingerprint density at radius 3 is 2.41 bits per heavy atom. The quantitative estimate of drug-likeness (QED) is 0.646. The van der Waals surface area contributed by atoms with Gasteiger partial charge in [-0.2, -0.15) is 0 Å². The number of amides is 2. The van der Waals surface area contributed by atoms with Crippen molar-refractivity contribution >= 4 is 17.8 Å². The van der Waals surface area contributed by atoms with Gasteiger partial charge in [0.15, 0.2) is 18.1 Å². The molecule has 0 saturated heterocycles. The highest BCUT2D eigenvalue weighted by Gasteiger charge is 2.18. The number of hydrogen-bond acceptors (Lipinski definition) is 6. The molecule has 0 saturated carbocycles. The van der Waals surface area contributed by atoms with Gasteiger partial charge in [0.2, 0.25) is 0 Å². The van der Waals surface area contributed by atoms with E-state index in [1.54, 1.807) is 36.4 Å². The summed E-state index contributed by atoms with van der Waals surface area (Å²) in [7, 11) is 1.40. The number of rotatable bonds is 9. The third kappa shape index (κ3) is 5.74. The molecule has 8 nitrogen and oxygen atoms in total. The minimum Gasteiger partial charge on any atom is -0.550 e. The second-order valence-electron chi connectivity index (χ2n) is 5.63. The number of aliphatic carboxylic acids is 1. The highest BCUT2D eigenvalue weighted by atomic mass is 16.5. The van der Waals surface area contributed by atoms with Crippen molar-refractivity contribution in [2.75, 3.05) is 13.7 Å². The predicted molar refractivity (Wildman–Crippen MR) is 94.0 cm³/mol. The number of carbonyl (C=O) groups excluding carboxylic acids is 3. The Morgan fingerprint density at radius 2 is 1.81 bits per heavy atom. The van der Waals surface area contributed by atoms with Crippen LogP contribution in [0.1, 0.15) is 28.4 Å². The van der Waals surface area contributed by atoms with Crippen molar-refractivity contribution in [2.45, 2.75) is 12.5 Å². The summed E-state index contributed by atoms with van der Waals surface area (Å²) in [6.07, 6.45) is -0.427. The Labute approximate surface area is 155 Å². The van der Waals surface area contributed by atoms with Crippen LogP contribution in [0.4, 0.5) is 0 Å². The van der Waals surface area contributed by atoms with Crippen LogP contribution in [0.15, 0.2) is 48.5 Å². The standard InChI is InChI=1S/C19H20N2O6/c1-26-16-9-13(7-8-15(16)27-11-17(20)22)14(10-18(23)24)21-19(25)12-5-3-2-4-6-12/h2-9,14H,10-11H2,1H3,(H2,20,22)(H,21,25)(H,23,24)/p-1/t14-/m0/s1. The molecule has 1 atom stereocenters. The molecular weight excluding hydrogens is 352 g/mol. The Hall–Kier alpha value is -3.55. The van der Waals surface area contributed by atoms with E-state index in [1.165, 1.54) is 19.2 Å². The van der Waals surface area contributed by atoms with Gasteiger partial charge in [-0.3, -0.25) is 9.59 Å². The van der Waals surface area contributed by atoms with Crippen LogP contribution in [0.2, 0.25) is 0 Å². The number of carboxylic acids is 1. The van der Waals surface area contributed by atoms with Crippen LogP contribution in [0.5, 0.6) is 11.5 Å². The van der Waals surface area contributed by atoms with Crippen LogP contribution < -0.4 is 25.6 Å². The van der Waals surface area contributed by atoms with Crippen molar-refractivity contribution in [1.29, 1.82) is 0 Å². The molecule has 0 spiro atoms. The molecule has 142 valence electrons. The number of benzene rings is 2. The molecule has 2 aromatic carbocycles. The molecule has 8 heteroatoms. The summed E-state index contributed by atoms with van der Waals surface area (Å²) < 4.78 is 10.5. The normalized spacial score (nSPS) is 11.3. The SMILES string of the molecule is COc1cc([C@H](CC(=O)[O-])NC(=O)c2ccccc2)ccc1OCC(N)=O. The van der Waals surface area contributed by atoms with Crippen LogP contribution >= 0.6 is 0 Å². The Kier molecular flexibility index (Phi) is 6.76. The predicted octanol–water partition coefficient (Wildman–Crippen LogP) is 0.170. The van der Waals surface area contributed by atoms with Crippen molar-refractivity contribution in [3.63, 3.8) is 0 Å². The fourth-order valence-corrected chi connectivity index (χ4v) is 2.42. The number of carbonyl (C=O) groups is 3. The summed E-state index contributed by atoms with van der Waals surface area (Å²) in [5.74, 6) is -1.85. The average Bonchev–Trinajstić information content (AvgIpc) is 2.65. The first kappa shape index (κ1) is 19.8. The number of carboxylic acid groups (broad SMARTS) is 1. The van der Waals surface area contributed by atoms with E-state index in [0.717, 1.165) is 0 Å². The third-order valence-corrected chi connectivity index (χ3v) is 3.67. The van der Waals surface area contributed by atoms with Gasteiger partial charge in [0.05, 0.1) is 13.2 Å². The number of nitrogens with two attached hydrogens (primary N) is 1. The van der Waals surface area contributed by atoms with Crippen LogP contribution in [0, 0.1) is 0 Å². The molecule has 2 aromatic rings. The van der Waals surface area contributed by atoms with E-state index >= 15 is 0 Å². The molecule has 2 amide bonds. The Balaban J connectivity index is 2.26. The van der Waals surface area contributed by atoms with E-state index in [-0.39, 0.29) is 18.1 Å². The maximum atomic E-state index is 12.4. The molecule has 0 aliphatic carbocycles. The molecule has 2 rings (SSSR count). The first-order chi connectivity index (χ1) is 12.9. The monoisotopic (exact) mass is 371 g/mol. The van der Waals surface area contributed by atoms with Crippen molar-refractivity contribution < 1.29 is 29.0 Å². The fourth-order valence-electron chi connectivity index (χ4n) is 2.42. The highest BCUT2D eigenvalue weighted by Crippen LogP contribution is 2.31. The zero-order valence-corrected chi connectivity index (χ0v) is 14.6. The van der Waals surface area contributed by atoms with Gasteiger partial charge >= 0.3 is 0 Å². The van der Waals surface area contributed by atoms with E-state index < -0.39 is 30.2 Å². The minimum absolute atomic E-state index is 0.265. The van der Waals surface area contributed by atoms with Crippen LogP contribution in [0.25, 0.3) is 0 Å². The second-order valence-corrected chi connectivity index (χ2v) is 5.63. The largest absolute Gasteiger partial charge is 0.550 e. The summed E-state index contributed by atoms with van der Waals surface area (Å²) in [4.78, 5) is 34.4. The molecule has 0 aliphatic heterocycles. The highest BCUT2D eigenvalue weighted by molar-refractivity contribution is 5.94. The van der Waals surface area contributed by atoms with Crippen LogP contribution in [-0.2, 0) is 9.59 Å². The van der Waals surface area contributed by atoms with E-state index in [0.29, 0.717) is 11.1 Å². The van der Waals surface area contributed by atoms with Gasteiger partial charge in [-0.1, -0.05) is 24.3 Å². The Bertz CT molecular complexity index is 822. The van der Waals surface area contributed by atoms with Crippen molar-refractivity contribution in [1.82, 2.24) is 5.32 Å². The Morgan fingerprint density at radius 1 is 1.11 bits per heavy atom. The van der Waals surface area contributed by atoms with Gasteiger partial charge < -0.3 is 30.4 Å². The van der Waals surface area contributed by atoms with Gasteiger partial charge in [0.25, 0.3) is 11.8 Å². The molecule has 0 bridgehead atoms. The maximum absolute atomic E-state index is 12.4. The van der Waals surface area contributed by atoms with E-state index in [1.807, 2.05) is 0 Å². The molecule has 3 N–H and O–H groups in total. The number of primary amides is 1. The second kappa shape index (κ2) is 9.23. The molecule has 0 aromatic heterocycles. The van der Waals surface area contributed by atoms with Crippen molar-refractivity contribution in [2.24, 2.45) is 5.73 Å². The third-order valence-electron chi connectivity index (χ3n) is 3.67. The minimum atomic E-state index is -1.32. The zero-order chi connectivity index (χ0) is 19.8. The lowest BCUT2D eigenvalue weighted by Crippen LogP contribution is -2.34. The molecule has 0 aliphatic rings. The number of hydrogen-bond donors (Lipinski definition) is 2. The number of methoxy groups -OCH3 is 1. The summed E-state index contributed by atoms with van der Waals surface area (Å²) in [6.45, 7) is -0.330. The smallest absolute Gasteiger partial charge is 0.255 e. The van der Waals surface area contributed by atoms with Gasteiger partial charge in [0.1, 0.15) is 0 Å².